The first-order valence-corrected chi connectivity index (χ1v) is 17.0. The van der Waals surface area contributed by atoms with Crippen LogP contribution < -0.4 is 9.80 Å². The molecule has 2 aliphatic heterocycles. The second kappa shape index (κ2) is 10.1. The lowest BCUT2D eigenvalue weighted by molar-refractivity contribution is 1.17. The van der Waals surface area contributed by atoms with E-state index in [9.17, 15) is 0 Å². The maximum Gasteiger partial charge on any atom is 0.0709 e. The maximum absolute atomic E-state index is 5.10. The molecule has 216 valence electrons. The van der Waals surface area contributed by atoms with Crippen LogP contribution in [-0.4, -0.2) is 4.98 Å². The summed E-state index contributed by atoms with van der Waals surface area (Å²) >= 11 is 3.68. The van der Waals surface area contributed by atoms with Crippen molar-refractivity contribution in [3.8, 4) is 0 Å². The molecular formula is C41H25N3S2. The predicted molar refractivity (Wildman–Crippen MR) is 194 cm³/mol. The van der Waals surface area contributed by atoms with Crippen LogP contribution in [0.2, 0.25) is 0 Å². The average molecular weight is 624 g/mol. The van der Waals surface area contributed by atoms with E-state index < -0.39 is 0 Å². The van der Waals surface area contributed by atoms with Crippen LogP contribution in [0.1, 0.15) is 0 Å². The molecular weight excluding hydrogens is 599 g/mol. The van der Waals surface area contributed by atoms with Crippen LogP contribution in [0, 0.1) is 0 Å². The molecule has 0 atom stereocenters. The molecule has 5 heteroatoms. The zero-order valence-corrected chi connectivity index (χ0v) is 26.2. The third kappa shape index (κ3) is 3.73. The minimum atomic E-state index is 0.987. The predicted octanol–water partition coefficient (Wildman–Crippen LogP) is 12.4. The molecule has 0 radical (unpaired) electrons. The monoisotopic (exact) mass is 623 g/mol. The van der Waals surface area contributed by atoms with Crippen molar-refractivity contribution in [2.24, 2.45) is 0 Å². The summed E-state index contributed by atoms with van der Waals surface area (Å²) in [4.78, 5) is 15.1. The number of fused-ring (bicyclic) bond motifs is 8. The molecule has 0 amide bonds. The summed E-state index contributed by atoms with van der Waals surface area (Å²) in [5.41, 5.74) is 8.07. The molecule has 3 heterocycles. The van der Waals surface area contributed by atoms with E-state index in [0.29, 0.717) is 0 Å². The quantitative estimate of drug-likeness (QED) is 0.141. The van der Waals surface area contributed by atoms with Gasteiger partial charge in [0.25, 0.3) is 0 Å². The summed E-state index contributed by atoms with van der Waals surface area (Å²) in [6.07, 6.45) is 2.10. The Labute approximate surface area is 275 Å². The second-order valence-corrected chi connectivity index (χ2v) is 13.7. The summed E-state index contributed by atoms with van der Waals surface area (Å²) in [5, 5.41) is 5.85. The van der Waals surface area contributed by atoms with Gasteiger partial charge in [0.05, 0.1) is 39.6 Å². The lowest BCUT2D eigenvalue weighted by Crippen LogP contribution is -2.18. The highest BCUT2D eigenvalue weighted by atomic mass is 32.2. The molecule has 0 unspecified atom stereocenters. The van der Waals surface area contributed by atoms with Crippen LogP contribution in [-0.2, 0) is 0 Å². The molecule has 3 nitrogen and oxygen atoms in total. The Bertz CT molecular complexity index is 2430. The molecule has 0 fully saturated rings. The molecule has 2 aliphatic rings. The Hall–Kier alpha value is -5.23. The minimum absolute atomic E-state index is 0.987. The van der Waals surface area contributed by atoms with Crippen molar-refractivity contribution in [1.82, 2.24) is 4.98 Å². The lowest BCUT2D eigenvalue weighted by atomic mass is 9.94. The molecule has 0 N–H and O–H groups in total. The number of hydrogen-bond donors (Lipinski definition) is 0. The molecule has 8 aromatic rings. The van der Waals surface area contributed by atoms with Crippen molar-refractivity contribution in [2.45, 2.75) is 19.6 Å². The first-order valence-electron chi connectivity index (χ1n) is 15.4. The van der Waals surface area contributed by atoms with Crippen molar-refractivity contribution >= 4 is 90.1 Å². The molecule has 46 heavy (non-hydrogen) atoms. The summed E-state index contributed by atoms with van der Waals surface area (Å²) in [5.74, 6) is 0. The van der Waals surface area contributed by atoms with E-state index in [1.54, 1.807) is 0 Å². The number of rotatable bonds is 2. The van der Waals surface area contributed by atoms with Crippen molar-refractivity contribution in [1.29, 1.82) is 0 Å². The van der Waals surface area contributed by atoms with Crippen LogP contribution in [0.4, 0.5) is 34.1 Å². The van der Waals surface area contributed by atoms with Gasteiger partial charge in [-0.25, -0.2) is 0 Å². The standard InChI is InChI=1S/C41H25N3S2/c1-2-14-27-26(13-1)40(43-31-17-5-9-21-35(31)45-36-22-10-6-18-32(36)43)29-25-42-30-16-4-3-15-28(30)39(29)41(27)44-33-19-7-11-23-37(33)46-38-24-12-8-20-34(38)44/h1-25H. The van der Waals surface area contributed by atoms with Gasteiger partial charge in [0, 0.05) is 52.7 Å². The van der Waals surface area contributed by atoms with E-state index in [0.717, 1.165) is 22.0 Å². The summed E-state index contributed by atoms with van der Waals surface area (Å²) in [6.45, 7) is 0. The smallest absolute Gasteiger partial charge is 0.0709 e. The molecule has 0 bridgehead atoms. The van der Waals surface area contributed by atoms with Gasteiger partial charge in [0.15, 0.2) is 0 Å². The first kappa shape index (κ1) is 26.0. The first-order chi connectivity index (χ1) is 22.8. The van der Waals surface area contributed by atoms with Crippen LogP contribution >= 0.6 is 23.5 Å². The van der Waals surface area contributed by atoms with Gasteiger partial charge in [-0.15, -0.1) is 0 Å². The number of aromatic nitrogens is 1. The fourth-order valence-corrected chi connectivity index (χ4v) is 9.23. The van der Waals surface area contributed by atoms with Gasteiger partial charge in [0.2, 0.25) is 0 Å². The van der Waals surface area contributed by atoms with Gasteiger partial charge in [-0.2, -0.15) is 0 Å². The molecule has 0 spiro atoms. The number of anilines is 6. The zero-order chi connectivity index (χ0) is 30.2. The number of pyridine rings is 1. The van der Waals surface area contributed by atoms with Crippen molar-refractivity contribution in [3.05, 3.63) is 152 Å². The number of benzene rings is 7. The maximum atomic E-state index is 5.10. The zero-order valence-electron chi connectivity index (χ0n) is 24.6. The number of nitrogens with zero attached hydrogens (tertiary/aromatic N) is 3. The van der Waals surface area contributed by atoms with E-state index in [1.165, 1.54) is 64.2 Å². The molecule has 10 rings (SSSR count). The van der Waals surface area contributed by atoms with Crippen molar-refractivity contribution in [2.75, 3.05) is 9.80 Å². The van der Waals surface area contributed by atoms with E-state index >= 15 is 0 Å². The Morgan fingerprint density at radius 1 is 0.370 bits per heavy atom. The summed E-state index contributed by atoms with van der Waals surface area (Å²) in [7, 11) is 0. The highest BCUT2D eigenvalue weighted by Crippen LogP contribution is 2.59. The average Bonchev–Trinajstić information content (AvgIpc) is 3.12. The minimum Gasteiger partial charge on any atom is -0.307 e. The van der Waals surface area contributed by atoms with Gasteiger partial charge < -0.3 is 9.80 Å². The van der Waals surface area contributed by atoms with Gasteiger partial charge >= 0.3 is 0 Å². The third-order valence-electron chi connectivity index (χ3n) is 9.02. The van der Waals surface area contributed by atoms with Crippen LogP contribution in [0.15, 0.2) is 171 Å². The number of para-hydroxylation sites is 5. The molecule has 0 saturated heterocycles. The van der Waals surface area contributed by atoms with Gasteiger partial charge in [-0.3, -0.25) is 4.98 Å². The SMILES string of the molecule is c1ccc2c(c1)Sc1ccccc1N2c1c2ccccc2c(N2c3ccccc3Sc3ccccc32)c2c1cnc1ccccc12. The lowest BCUT2D eigenvalue weighted by Gasteiger charge is -2.37. The largest absolute Gasteiger partial charge is 0.307 e. The van der Waals surface area contributed by atoms with Gasteiger partial charge in [-0.05, 0) is 54.6 Å². The Morgan fingerprint density at radius 3 is 1.28 bits per heavy atom. The molecule has 1 aromatic heterocycles. The molecule has 7 aromatic carbocycles. The molecule has 0 saturated carbocycles. The van der Waals surface area contributed by atoms with E-state index in [1.807, 2.05) is 23.5 Å². The van der Waals surface area contributed by atoms with Gasteiger partial charge in [0.1, 0.15) is 0 Å². The Morgan fingerprint density at radius 2 is 0.761 bits per heavy atom. The van der Waals surface area contributed by atoms with E-state index in [-0.39, 0.29) is 0 Å². The van der Waals surface area contributed by atoms with Crippen molar-refractivity contribution in [3.63, 3.8) is 0 Å². The highest BCUT2D eigenvalue weighted by Gasteiger charge is 2.32. The highest BCUT2D eigenvalue weighted by molar-refractivity contribution is 8.00. The van der Waals surface area contributed by atoms with Crippen LogP contribution in [0.5, 0.6) is 0 Å². The molecule has 0 aliphatic carbocycles. The van der Waals surface area contributed by atoms with Gasteiger partial charge in [-0.1, -0.05) is 115 Å². The third-order valence-corrected chi connectivity index (χ3v) is 11.3. The van der Waals surface area contributed by atoms with Crippen LogP contribution in [0.3, 0.4) is 0 Å². The second-order valence-electron chi connectivity index (χ2n) is 11.6. The summed E-state index contributed by atoms with van der Waals surface area (Å²) in [6, 6.07) is 52.6. The number of hydrogen-bond acceptors (Lipinski definition) is 5. The Kier molecular flexibility index (Phi) is 5.74. The topological polar surface area (TPSA) is 19.4 Å². The van der Waals surface area contributed by atoms with E-state index in [2.05, 4.69) is 162 Å². The fraction of sp³-hybridized carbons (Fsp3) is 0. The van der Waals surface area contributed by atoms with Crippen LogP contribution in [0.25, 0.3) is 32.4 Å². The fourth-order valence-electron chi connectivity index (χ4n) is 7.12. The normalized spacial score (nSPS) is 13.4. The summed E-state index contributed by atoms with van der Waals surface area (Å²) < 4.78 is 0. The van der Waals surface area contributed by atoms with E-state index in [4.69, 9.17) is 4.98 Å². The Balaban J connectivity index is 1.42. The van der Waals surface area contributed by atoms with Crippen molar-refractivity contribution < 1.29 is 0 Å².